The molecule has 0 saturated carbocycles. The van der Waals surface area contributed by atoms with Gasteiger partial charge in [0.15, 0.2) is 0 Å². The fraction of sp³-hybridized carbons (Fsp3) is 0.0909. The van der Waals surface area contributed by atoms with E-state index in [4.69, 9.17) is 9.15 Å². The van der Waals surface area contributed by atoms with Crippen molar-refractivity contribution in [1.82, 2.24) is 9.71 Å². The maximum Gasteiger partial charge on any atom is 0.331 e. The minimum Gasteiger partial charge on any atom is -0.468 e. The molecule has 0 fully saturated rings. The summed E-state index contributed by atoms with van der Waals surface area (Å²) in [5, 5.41) is 4.75. The van der Waals surface area contributed by atoms with Gasteiger partial charge in [-0.2, -0.15) is 0 Å². The molecule has 0 spiro atoms. The Bertz CT molecular complexity index is 1290. The molecule has 4 aromatic rings. The quantitative estimate of drug-likeness (QED) is 0.272. The lowest BCUT2D eigenvalue weighted by atomic mass is 10.2. The Morgan fingerprint density at radius 2 is 1.97 bits per heavy atom. The van der Waals surface area contributed by atoms with E-state index in [-0.39, 0.29) is 18.0 Å². The van der Waals surface area contributed by atoms with Gasteiger partial charge in [-0.25, -0.2) is 22.9 Å². The zero-order chi connectivity index (χ0) is 22.4. The molecule has 0 unspecified atom stereocenters. The van der Waals surface area contributed by atoms with E-state index < -0.39 is 16.0 Å². The molecule has 0 radical (unpaired) electrons. The number of esters is 1. The highest BCUT2D eigenvalue weighted by molar-refractivity contribution is 7.89. The van der Waals surface area contributed by atoms with Crippen LogP contribution < -0.4 is 4.72 Å². The van der Waals surface area contributed by atoms with Gasteiger partial charge in [0.25, 0.3) is 0 Å². The average molecular weight is 487 g/mol. The van der Waals surface area contributed by atoms with Crippen molar-refractivity contribution in [1.29, 1.82) is 0 Å². The van der Waals surface area contributed by atoms with Crippen LogP contribution in [0.1, 0.15) is 17.0 Å². The van der Waals surface area contributed by atoms with E-state index >= 15 is 0 Å². The van der Waals surface area contributed by atoms with E-state index in [9.17, 15) is 13.2 Å². The van der Waals surface area contributed by atoms with Crippen LogP contribution in [0, 0.1) is 0 Å². The van der Waals surface area contributed by atoms with Crippen LogP contribution in [-0.4, -0.2) is 19.4 Å². The lowest BCUT2D eigenvalue weighted by molar-refractivity contribution is -0.139. The van der Waals surface area contributed by atoms with Crippen molar-refractivity contribution in [3.63, 3.8) is 0 Å². The van der Waals surface area contributed by atoms with Crippen LogP contribution in [0.5, 0.6) is 0 Å². The Balaban J connectivity index is 1.29. The smallest absolute Gasteiger partial charge is 0.331 e. The maximum absolute atomic E-state index is 12.4. The Kier molecular flexibility index (Phi) is 6.96. The number of thiophene rings is 1. The SMILES string of the molecule is O=C(/C=C/c1ccc(S(=O)(=O)NCc2ccco2)cc1)OCc1csc(-c2cccs2)n1. The highest BCUT2D eigenvalue weighted by atomic mass is 32.2. The molecule has 0 saturated heterocycles. The molecule has 1 aromatic carbocycles. The Morgan fingerprint density at radius 3 is 2.69 bits per heavy atom. The number of furan rings is 1. The van der Waals surface area contributed by atoms with Gasteiger partial charge < -0.3 is 9.15 Å². The molecule has 1 N–H and O–H groups in total. The third-order valence-corrected chi connectivity index (χ3v) is 7.61. The van der Waals surface area contributed by atoms with Crippen molar-refractivity contribution in [3.05, 3.63) is 88.6 Å². The van der Waals surface area contributed by atoms with Gasteiger partial charge in [0.2, 0.25) is 10.0 Å². The Labute approximate surface area is 193 Å². The molecular formula is C22H18N2O5S3. The first-order valence-corrected chi connectivity index (χ1v) is 12.7. The molecule has 32 heavy (non-hydrogen) atoms. The van der Waals surface area contributed by atoms with E-state index in [0.717, 1.165) is 9.88 Å². The summed E-state index contributed by atoms with van der Waals surface area (Å²) in [5.74, 6) is 0.0134. The number of rotatable bonds is 9. The molecule has 3 heterocycles. The first-order valence-electron chi connectivity index (χ1n) is 9.45. The molecule has 0 bridgehead atoms. The lowest BCUT2D eigenvalue weighted by Crippen LogP contribution is -2.22. The molecule has 0 aliphatic rings. The van der Waals surface area contributed by atoms with Gasteiger partial charge in [-0.05, 0) is 47.4 Å². The minimum absolute atomic E-state index is 0.0661. The number of carbonyl (C=O) groups excluding carboxylic acids is 1. The highest BCUT2D eigenvalue weighted by Gasteiger charge is 2.14. The van der Waals surface area contributed by atoms with Crippen molar-refractivity contribution >= 4 is 44.7 Å². The summed E-state index contributed by atoms with van der Waals surface area (Å²) in [6, 6.07) is 13.5. The summed E-state index contributed by atoms with van der Waals surface area (Å²) in [4.78, 5) is 17.7. The number of nitrogens with one attached hydrogen (secondary N) is 1. The molecule has 0 amide bonds. The minimum atomic E-state index is -3.67. The topological polar surface area (TPSA) is 98.5 Å². The number of benzene rings is 1. The van der Waals surface area contributed by atoms with E-state index in [1.54, 1.807) is 41.7 Å². The van der Waals surface area contributed by atoms with Crippen LogP contribution >= 0.6 is 22.7 Å². The molecular weight excluding hydrogens is 468 g/mol. The van der Waals surface area contributed by atoms with Gasteiger partial charge in [-0.15, -0.1) is 22.7 Å². The van der Waals surface area contributed by atoms with E-state index in [1.165, 1.54) is 35.8 Å². The number of ether oxygens (including phenoxy) is 1. The average Bonchev–Trinajstić information content (AvgIpc) is 3.57. The van der Waals surface area contributed by atoms with E-state index in [1.807, 2.05) is 22.9 Å². The number of hydrogen-bond acceptors (Lipinski definition) is 8. The predicted molar refractivity (Wildman–Crippen MR) is 123 cm³/mol. The molecule has 164 valence electrons. The van der Waals surface area contributed by atoms with Crippen LogP contribution in [0.3, 0.4) is 0 Å². The predicted octanol–water partition coefficient (Wildman–Crippen LogP) is 4.70. The summed E-state index contributed by atoms with van der Waals surface area (Å²) in [7, 11) is -3.67. The van der Waals surface area contributed by atoms with Crippen LogP contribution in [0.15, 0.2) is 80.9 Å². The third kappa shape index (κ3) is 5.80. The number of carbonyl (C=O) groups is 1. The maximum atomic E-state index is 12.4. The Hall–Kier alpha value is -3.05. The number of thiazole rings is 1. The lowest BCUT2D eigenvalue weighted by Gasteiger charge is -2.05. The van der Waals surface area contributed by atoms with Gasteiger partial charge in [0.05, 0.1) is 28.3 Å². The molecule has 0 atom stereocenters. The zero-order valence-corrected chi connectivity index (χ0v) is 19.1. The monoisotopic (exact) mass is 486 g/mol. The molecule has 0 aliphatic heterocycles. The zero-order valence-electron chi connectivity index (χ0n) is 16.6. The standard InChI is InChI=1S/C22H18N2O5S3/c25-21(29-14-17-15-31-22(24-17)20-4-2-12-30-20)10-7-16-5-8-19(9-6-16)32(26,27)23-13-18-3-1-11-28-18/h1-12,15,23H,13-14H2/b10-7+. The van der Waals surface area contributed by atoms with Crippen molar-refractivity contribution in [2.24, 2.45) is 0 Å². The fourth-order valence-corrected chi connectivity index (χ4v) is 5.28. The number of nitrogens with zero attached hydrogens (tertiary/aromatic N) is 1. The van der Waals surface area contributed by atoms with Crippen molar-refractivity contribution in [2.75, 3.05) is 0 Å². The van der Waals surface area contributed by atoms with Crippen LogP contribution in [0.4, 0.5) is 0 Å². The van der Waals surface area contributed by atoms with Gasteiger partial charge in [-0.3, -0.25) is 0 Å². The second-order valence-corrected chi connectivity index (χ2v) is 10.1. The summed E-state index contributed by atoms with van der Waals surface area (Å²) in [5.41, 5.74) is 1.36. The summed E-state index contributed by atoms with van der Waals surface area (Å²) in [6.45, 7) is 0.153. The first-order chi connectivity index (χ1) is 15.5. The van der Waals surface area contributed by atoms with Crippen LogP contribution in [0.25, 0.3) is 16.0 Å². The van der Waals surface area contributed by atoms with Gasteiger partial charge in [0.1, 0.15) is 17.4 Å². The van der Waals surface area contributed by atoms with E-state index in [2.05, 4.69) is 9.71 Å². The van der Waals surface area contributed by atoms with Crippen molar-refractivity contribution in [2.45, 2.75) is 18.0 Å². The highest BCUT2D eigenvalue weighted by Crippen LogP contribution is 2.28. The summed E-state index contributed by atoms with van der Waals surface area (Å²) >= 11 is 3.11. The number of sulfonamides is 1. The van der Waals surface area contributed by atoms with Crippen molar-refractivity contribution in [3.8, 4) is 9.88 Å². The van der Waals surface area contributed by atoms with Crippen molar-refractivity contribution < 1.29 is 22.4 Å². The van der Waals surface area contributed by atoms with E-state index in [0.29, 0.717) is 17.0 Å². The van der Waals surface area contributed by atoms with Crippen LogP contribution in [-0.2, 0) is 32.7 Å². The second-order valence-electron chi connectivity index (χ2n) is 6.54. The first kappa shape index (κ1) is 22.2. The Morgan fingerprint density at radius 1 is 1.12 bits per heavy atom. The normalized spacial score (nSPS) is 11.8. The van der Waals surface area contributed by atoms with Gasteiger partial charge >= 0.3 is 5.97 Å². The molecule has 10 heteroatoms. The fourth-order valence-electron chi connectivity index (χ4n) is 2.66. The summed E-state index contributed by atoms with van der Waals surface area (Å²) < 4.78 is 37.5. The molecule has 0 aliphatic carbocycles. The molecule has 3 aromatic heterocycles. The number of hydrogen-bond donors (Lipinski definition) is 1. The van der Waals surface area contributed by atoms with Gasteiger partial charge in [-0.1, -0.05) is 18.2 Å². The molecule has 7 nitrogen and oxygen atoms in total. The number of aromatic nitrogens is 1. The van der Waals surface area contributed by atoms with Gasteiger partial charge in [0, 0.05) is 11.5 Å². The largest absolute Gasteiger partial charge is 0.468 e. The summed E-state index contributed by atoms with van der Waals surface area (Å²) in [6.07, 6.45) is 4.34. The molecule has 4 rings (SSSR count). The third-order valence-electron chi connectivity index (χ3n) is 4.26. The van der Waals surface area contributed by atoms with Crippen LogP contribution in [0.2, 0.25) is 0 Å². The second kappa shape index (κ2) is 10.0.